The van der Waals surface area contributed by atoms with Crippen molar-refractivity contribution >= 4 is 0 Å². The van der Waals surface area contributed by atoms with Crippen molar-refractivity contribution in [2.75, 3.05) is 27.2 Å². The van der Waals surface area contributed by atoms with Crippen LogP contribution >= 0.6 is 0 Å². The van der Waals surface area contributed by atoms with E-state index in [4.69, 9.17) is 0 Å². The maximum Gasteiger partial charge on any atom is 0.0869 e. The maximum atomic E-state index is 10.1. The molecule has 0 aliphatic heterocycles. The Kier molecular flexibility index (Phi) is 5.78. The van der Waals surface area contributed by atoms with E-state index in [-0.39, 0.29) is 0 Å². The zero-order chi connectivity index (χ0) is 13.6. The molecule has 18 heavy (non-hydrogen) atoms. The van der Waals surface area contributed by atoms with Crippen molar-refractivity contribution in [2.45, 2.75) is 39.0 Å². The van der Waals surface area contributed by atoms with Gasteiger partial charge in [0.25, 0.3) is 0 Å². The number of hydrogen-bond donors (Lipinski definition) is 2. The Morgan fingerprint density at radius 1 is 1.50 bits per heavy atom. The van der Waals surface area contributed by atoms with Crippen LogP contribution in [-0.2, 0) is 13.1 Å². The molecule has 1 unspecified atom stereocenters. The summed E-state index contributed by atoms with van der Waals surface area (Å²) in [4.78, 5) is 1.99. The van der Waals surface area contributed by atoms with E-state index in [1.165, 1.54) is 0 Å². The molecule has 2 N–H and O–H groups in total. The number of nitrogens with zero attached hydrogens (tertiary/aromatic N) is 3. The summed E-state index contributed by atoms with van der Waals surface area (Å²) >= 11 is 0. The normalized spacial score (nSPS) is 15.0. The number of rotatable bonds is 8. The molecule has 0 bridgehead atoms. The second-order valence-corrected chi connectivity index (χ2v) is 5.45. The number of aryl methyl sites for hydroxylation is 1. The smallest absolute Gasteiger partial charge is 0.0869 e. The van der Waals surface area contributed by atoms with Crippen molar-refractivity contribution in [1.29, 1.82) is 0 Å². The summed E-state index contributed by atoms with van der Waals surface area (Å²) in [5.41, 5.74) is 0.451. The summed E-state index contributed by atoms with van der Waals surface area (Å²) in [5, 5.41) is 17.7. The zero-order valence-corrected chi connectivity index (χ0v) is 12.0. The lowest BCUT2D eigenvalue weighted by molar-refractivity contribution is 0.0336. The third-order valence-electron chi connectivity index (χ3n) is 2.63. The molecule has 1 aromatic heterocycles. The molecule has 0 fully saturated rings. The van der Waals surface area contributed by atoms with Gasteiger partial charge in [-0.3, -0.25) is 4.68 Å². The summed E-state index contributed by atoms with van der Waals surface area (Å²) in [6.45, 7) is 6.91. The average Bonchev–Trinajstić information content (AvgIpc) is 2.64. The lowest BCUT2D eigenvalue weighted by Crippen LogP contribution is -2.45. The van der Waals surface area contributed by atoms with E-state index in [9.17, 15) is 5.11 Å². The minimum atomic E-state index is -0.705. The Morgan fingerprint density at radius 2 is 2.22 bits per heavy atom. The van der Waals surface area contributed by atoms with Crippen LogP contribution in [0.4, 0.5) is 0 Å². The molecule has 0 aliphatic rings. The van der Waals surface area contributed by atoms with Crippen LogP contribution in [-0.4, -0.2) is 52.6 Å². The second-order valence-electron chi connectivity index (χ2n) is 5.45. The van der Waals surface area contributed by atoms with E-state index in [1.54, 1.807) is 0 Å². The highest BCUT2D eigenvalue weighted by Gasteiger charge is 2.20. The minimum Gasteiger partial charge on any atom is -0.388 e. The van der Waals surface area contributed by atoms with Gasteiger partial charge in [-0.05, 0) is 27.4 Å². The third kappa shape index (κ3) is 5.62. The fourth-order valence-electron chi connectivity index (χ4n) is 2.06. The SMILES string of the molecule is CCCn1cc(CNCC(C)(O)CN(C)C)cn1. The Hall–Kier alpha value is -0.910. The molecule has 1 atom stereocenters. The highest BCUT2D eigenvalue weighted by molar-refractivity contribution is 5.03. The number of nitrogens with one attached hydrogen (secondary N) is 1. The lowest BCUT2D eigenvalue weighted by Gasteiger charge is -2.27. The molecular formula is C13H26N4O. The van der Waals surface area contributed by atoms with Gasteiger partial charge in [-0.25, -0.2) is 0 Å². The van der Waals surface area contributed by atoms with Crippen LogP contribution in [0.2, 0.25) is 0 Å². The molecule has 104 valence electrons. The van der Waals surface area contributed by atoms with Gasteiger partial charge in [0.05, 0.1) is 11.8 Å². The van der Waals surface area contributed by atoms with E-state index in [1.807, 2.05) is 36.8 Å². The quantitative estimate of drug-likeness (QED) is 0.717. The highest BCUT2D eigenvalue weighted by Crippen LogP contribution is 2.04. The van der Waals surface area contributed by atoms with Crippen LogP contribution < -0.4 is 5.32 Å². The summed E-state index contributed by atoms with van der Waals surface area (Å²) in [6.07, 6.45) is 5.02. The molecule has 1 aromatic rings. The Bertz CT molecular complexity index is 347. The van der Waals surface area contributed by atoms with Gasteiger partial charge in [0.15, 0.2) is 0 Å². The van der Waals surface area contributed by atoms with E-state index >= 15 is 0 Å². The fourth-order valence-corrected chi connectivity index (χ4v) is 2.06. The Balaban J connectivity index is 2.32. The number of aliphatic hydroxyl groups is 1. The van der Waals surface area contributed by atoms with Crippen molar-refractivity contribution in [3.63, 3.8) is 0 Å². The molecular weight excluding hydrogens is 228 g/mol. The van der Waals surface area contributed by atoms with Gasteiger partial charge >= 0.3 is 0 Å². The first kappa shape index (κ1) is 15.1. The number of likely N-dealkylation sites (N-methyl/N-ethyl adjacent to an activating group) is 1. The lowest BCUT2D eigenvalue weighted by atomic mass is 10.1. The minimum absolute atomic E-state index is 0.574. The van der Waals surface area contributed by atoms with Crippen LogP contribution in [0.3, 0.4) is 0 Å². The van der Waals surface area contributed by atoms with E-state index in [2.05, 4.69) is 23.5 Å². The predicted molar refractivity (Wildman–Crippen MR) is 73.4 cm³/mol. The van der Waals surface area contributed by atoms with Crippen molar-refractivity contribution < 1.29 is 5.11 Å². The molecule has 0 amide bonds. The summed E-state index contributed by atoms with van der Waals surface area (Å²) < 4.78 is 1.95. The van der Waals surface area contributed by atoms with Crippen molar-refractivity contribution in [2.24, 2.45) is 0 Å². The average molecular weight is 254 g/mol. The Morgan fingerprint density at radius 3 is 2.83 bits per heavy atom. The topological polar surface area (TPSA) is 53.3 Å². The molecule has 1 rings (SSSR count). The first-order chi connectivity index (χ1) is 8.43. The number of aromatic nitrogens is 2. The molecule has 1 heterocycles. The molecule has 0 aliphatic carbocycles. The van der Waals surface area contributed by atoms with Crippen molar-refractivity contribution in [3.05, 3.63) is 18.0 Å². The molecule has 0 saturated carbocycles. The highest BCUT2D eigenvalue weighted by atomic mass is 16.3. The van der Waals surface area contributed by atoms with Crippen LogP contribution in [0, 0.1) is 0 Å². The zero-order valence-electron chi connectivity index (χ0n) is 12.0. The summed E-state index contributed by atoms with van der Waals surface area (Å²) in [7, 11) is 3.92. The maximum absolute atomic E-state index is 10.1. The second kappa shape index (κ2) is 6.87. The molecule has 0 spiro atoms. The standard InChI is InChI=1S/C13H26N4O/c1-5-6-17-9-12(8-15-17)7-14-10-13(2,18)11-16(3)4/h8-9,14,18H,5-7,10-11H2,1-4H3. The first-order valence-electron chi connectivity index (χ1n) is 6.52. The van der Waals surface area contributed by atoms with Crippen molar-refractivity contribution in [1.82, 2.24) is 20.0 Å². The van der Waals surface area contributed by atoms with Crippen LogP contribution in [0.1, 0.15) is 25.8 Å². The van der Waals surface area contributed by atoms with Gasteiger partial charge in [0.2, 0.25) is 0 Å². The summed E-state index contributed by atoms with van der Waals surface area (Å²) in [5.74, 6) is 0. The third-order valence-corrected chi connectivity index (χ3v) is 2.63. The van der Waals surface area contributed by atoms with Gasteiger partial charge in [-0.15, -0.1) is 0 Å². The molecule has 0 radical (unpaired) electrons. The molecule has 0 saturated heterocycles. The van der Waals surface area contributed by atoms with Gasteiger partial charge in [-0.1, -0.05) is 6.92 Å². The van der Waals surface area contributed by atoms with Crippen LogP contribution in [0.5, 0.6) is 0 Å². The largest absolute Gasteiger partial charge is 0.388 e. The predicted octanol–water partition coefficient (Wildman–Crippen LogP) is 0.695. The van der Waals surface area contributed by atoms with Gasteiger partial charge in [0, 0.05) is 37.9 Å². The molecule has 5 nitrogen and oxygen atoms in total. The van der Waals surface area contributed by atoms with Gasteiger partial charge < -0.3 is 15.3 Å². The van der Waals surface area contributed by atoms with Crippen LogP contribution in [0.15, 0.2) is 12.4 Å². The summed E-state index contributed by atoms with van der Waals surface area (Å²) in [6, 6.07) is 0. The number of hydrogen-bond acceptors (Lipinski definition) is 4. The first-order valence-corrected chi connectivity index (χ1v) is 6.52. The van der Waals surface area contributed by atoms with Crippen LogP contribution in [0.25, 0.3) is 0 Å². The molecule has 5 heteroatoms. The Labute approximate surface area is 110 Å². The molecule has 0 aromatic carbocycles. The van der Waals surface area contributed by atoms with Gasteiger partial charge in [0.1, 0.15) is 0 Å². The van der Waals surface area contributed by atoms with Crippen molar-refractivity contribution in [3.8, 4) is 0 Å². The van der Waals surface area contributed by atoms with Gasteiger partial charge in [-0.2, -0.15) is 5.10 Å². The monoisotopic (exact) mass is 254 g/mol. The van der Waals surface area contributed by atoms with E-state index < -0.39 is 5.60 Å². The fraction of sp³-hybridized carbons (Fsp3) is 0.769. The van der Waals surface area contributed by atoms with E-state index in [0.717, 1.165) is 25.1 Å². The van der Waals surface area contributed by atoms with E-state index in [0.29, 0.717) is 13.1 Å².